The number of fused-ring (bicyclic) bond motifs is 1. The van der Waals surface area contributed by atoms with Crippen LogP contribution in [0.4, 0.5) is 4.79 Å². The quantitative estimate of drug-likeness (QED) is 0.269. The van der Waals surface area contributed by atoms with Crippen molar-refractivity contribution in [2.75, 3.05) is 0 Å². The number of carbonyl (C=O) groups excluding carboxylic acids is 1. The van der Waals surface area contributed by atoms with Crippen molar-refractivity contribution in [1.82, 2.24) is 30.0 Å². The largest absolute Gasteiger partial charge is 0.444 e. The Labute approximate surface area is 227 Å². The molecule has 5 aromatic rings. The zero-order chi connectivity index (χ0) is 27.2. The highest BCUT2D eigenvalue weighted by Gasteiger charge is 2.41. The van der Waals surface area contributed by atoms with E-state index in [9.17, 15) is 4.79 Å². The average Bonchev–Trinajstić information content (AvgIpc) is 3.53. The number of nitrogens with zero attached hydrogens (tertiary/aromatic N) is 4. The van der Waals surface area contributed by atoms with Crippen molar-refractivity contribution in [3.05, 3.63) is 84.3 Å². The lowest BCUT2D eigenvalue weighted by Gasteiger charge is -2.43. The summed E-state index contributed by atoms with van der Waals surface area (Å²) in [4.78, 5) is 22.3. The van der Waals surface area contributed by atoms with E-state index in [4.69, 9.17) is 9.72 Å². The number of carbonyl (C=O) groups is 1. The molecular formula is C31H32N6O2. The molecule has 8 nitrogen and oxygen atoms in total. The topological polar surface area (TPSA) is 97.7 Å². The highest BCUT2D eigenvalue weighted by molar-refractivity contribution is 5.91. The van der Waals surface area contributed by atoms with Crippen molar-refractivity contribution in [1.29, 1.82) is 0 Å². The van der Waals surface area contributed by atoms with E-state index < -0.39 is 11.1 Å². The van der Waals surface area contributed by atoms with E-state index in [2.05, 4.69) is 68.4 Å². The second kappa shape index (κ2) is 9.38. The molecule has 1 aliphatic carbocycles. The molecule has 1 fully saturated rings. The monoisotopic (exact) mass is 520 g/mol. The standard InChI is InChI=1S/C31H32N6O2/c1-20-25-19-32-27(22-17-33-34-18-22)35-28(25)37(26(20)21-9-6-5-7-10-21)24-13-11-23(12-14-24)31(15-8-16-31)36-29(38)39-30(2,3)4/h5-7,9-14,17-19H,8,15-16H2,1-4H3,(H,33,34)(H,36,38). The number of benzene rings is 2. The SMILES string of the molecule is Cc1c(-c2ccccc2)n(-c2ccc(C3(NC(=O)OC(C)(C)C)CCC3)cc2)c2nc(-c3cn[nH]c3)ncc12. The van der Waals surface area contributed by atoms with E-state index in [1.54, 1.807) is 12.4 Å². The Balaban J connectivity index is 1.45. The number of ether oxygens (including phenoxy) is 1. The summed E-state index contributed by atoms with van der Waals surface area (Å²) in [6, 6.07) is 18.8. The fraction of sp³-hybridized carbons (Fsp3) is 0.290. The van der Waals surface area contributed by atoms with E-state index in [1.807, 2.05) is 45.2 Å². The van der Waals surface area contributed by atoms with Crippen molar-refractivity contribution >= 4 is 17.1 Å². The average molecular weight is 521 g/mol. The first kappa shape index (κ1) is 24.9. The van der Waals surface area contributed by atoms with Gasteiger partial charge in [0.1, 0.15) is 11.2 Å². The van der Waals surface area contributed by atoms with Gasteiger partial charge in [0.15, 0.2) is 5.82 Å². The van der Waals surface area contributed by atoms with Gasteiger partial charge in [0.2, 0.25) is 0 Å². The highest BCUT2D eigenvalue weighted by atomic mass is 16.6. The van der Waals surface area contributed by atoms with Gasteiger partial charge in [0, 0.05) is 23.5 Å². The van der Waals surface area contributed by atoms with Gasteiger partial charge in [0.25, 0.3) is 0 Å². The minimum absolute atomic E-state index is 0.381. The molecule has 2 N–H and O–H groups in total. The second-order valence-corrected chi connectivity index (χ2v) is 11.2. The van der Waals surface area contributed by atoms with Crippen LogP contribution in [0.25, 0.3) is 39.4 Å². The van der Waals surface area contributed by atoms with Crippen LogP contribution in [-0.2, 0) is 10.3 Å². The molecule has 3 aromatic heterocycles. The molecule has 0 bridgehead atoms. The van der Waals surface area contributed by atoms with E-state index >= 15 is 0 Å². The van der Waals surface area contributed by atoms with Crippen LogP contribution in [0.2, 0.25) is 0 Å². The third kappa shape index (κ3) is 4.56. The van der Waals surface area contributed by atoms with Gasteiger partial charge >= 0.3 is 6.09 Å². The van der Waals surface area contributed by atoms with Gasteiger partial charge in [-0.2, -0.15) is 5.10 Å². The van der Waals surface area contributed by atoms with Crippen molar-refractivity contribution in [2.24, 2.45) is 0 Å². The van der Waals surface area contributed by atoms with Crippen LogP contribution in [-0.4, -0.2) is 36.4 Å². The number of alkyl carbamates (subject to hydrolysis) is 1. The summed E-state index contributed by atoms with van der Waals surface area (Å²) in [7, 11) is 0. The number of aromatic nitrogens is 5. The van der Waals surface area contributed by atoms with Crippen LogP contribution in [0.3, 0.4) is 0 Å². The number of rotatable bonds is 5. The number of aromatic amines is 1. The van der Waals surface area contributed by atoms with Crippen LogP contribution < -0.4 is 5.32 Å². The summed E-state index contributed by atoms with van der Waals surface area (Å²) < 4.78 is 7.76. The lowest BCUT2D eigenvalue weighted by atomic mass is 9.72. The Hall–Kier alpha value is -4.46. The fourth-order valence-electron chi connectivity index (χ4n) is 5.36. The normalized spacial score (nSPS) is 14.7. The molecule has 2 aromatic carbocycles. The summed E-state index contributed by atoms with van der Waals surface area (Å²) in [6.07, 6.45) is 7.86. The molecule has 1 aliphatic rings. The van der Waals surface area contributed by atoms with Gasteiger partial charge in [-0.1, -0.05) is 42.5 Å². The molecule has 3 heterocycles. The lowest BCUT2D eigenvalue weighted by Crippen LogP contribution is -2.52. The first-order valence-corrected chi connectivity index (χ1v) is 13.3. The zero-order valence-corrected chi connectivity index (χ0v) is 22.7. The number of hydrogen-bond donors (Lipinski definition) is 2. The Morgan fingerprint density at radius 3 is 2.38 bits per heavy atom. The van der Waals surface area contributed by atoms with Gasteiger partial charge in [-0.3, -0.25) is 9.67 Å². The molecule has 0 unspecified atom stereocenters. The zero-order valence-electron chi connectivity index (χ0n) is 22.7. The van der Waals surface area contributed by atoms with Crippen LogP contribution >= 0.6 is 0 Å². The second-order valence-electron chi connectivity index (χ2n) is 11.2. The van der Waals surface area contributed by atoms with E-state index in [1.165, 1.54) is 0 Å². The number of amides is 1. The predicted octanol–water partition coefficient (Wildman–Crippen LogP) is 6.69. The summed E-state index contributed by atoms with van der Waals surface area (Å²) in [5.74, 6) is 0.612. The molecule has 39 heavy (non-hydrogen) atoms. The van der Waals surface area contributed by atoms with Crippen LogP contribution in [0.5, 0.6) is 0 Å². The van der Waals surface area contributed by atoms with Gasteiger partial charge < -0.3 is 10.1 Å². The highest BCUT2D eigenvalue weighted by Crippen LogP contribution is 2.42. The van der Waals surface area contributed by atoms with Crippen LogP contribution in [0.15, 0.2) is 73.2 Å². The smallest absolute Gasteiger partial charge is 0.408 e. The van der Waals surface area contributed by atoms with Crippen molar-refractivity contribution in [3.63, 3.8) is 0 Å². The Kier molecular flexibility index (Phi) is 5.98. The molecule has 198 valence electrons. The Bertz CT molecular complexity index is 1630. The van der Waals surface area contributed by atoms with Crippen molar-refractivity contribution in [2.45, 2.75) is 58.1 Å². The predicted molar refractivity (Wildman–Crippen MR) is 152 cm³/mol. The fourth-order valence-corrected chi connectivity index (χ4v) is 5.36. The minimum Gasteiger partial charge on any atom is -0.444 e. The van der Waals surface area contributed by atoms with Gasteiger partial charge in [-0.05, 0) is 75.8 Å². The number of aryl methyl sites for hydroxylation is 1. The van der Waals surface area contributed by atoms with Gasteiger partial charge in [0.05, 0.1) is 23.0 Å². The lowest BCUT2D eigenvalue weighted by molar-refractivity contribution is 0.0377. The molecule has 0 saturated heterocycles. The first-order chi connectivity index (χ1) is 18.7. The maximum Gasteiger partial charge on any atom is 0.408 e. The van der Waals surface area contributed by atoms with E-state index in [0.717, 1.165) is 63.9 Å². The van der Waals surface area contributed by atoms with Gasteiger partial charge in [-0.15, -0.1) is 0 Å². The first-order valence-electron chi connectivity index (χ1n) is 13.3. The van der Waals surface area contributed by atoms with Crippen LogP contribution in [0.1, 0.15) is 51.2 Å². The maximum atomic E-state index is 12.7. The molecule has 0 atom stereocenters. The molecule has 0 spiro atoms. The maximum absolute atomic E-state index is 12.7. The summed E-state index contributed by atoms with van der Waals surface area (Å²) in [5.41, 5.74) is 6.05. The summed E-state index contributed by atoms with van der Waals surface area (Å²) >= 11 is 0. The molecule has 8 heteroatoms. The number of nitrogens with one attached hydrogen (secondary N) is 2. The minimum atomic E-state index is -0.544. The van der Waals surface area contributed by atoms with Crippen LogP contribution in [0, 0.1) is 6.92 Å². The molecule has 0 aliphatic heterocycles. The number of hydrogen-bond acceptors (Lipinski definition) is 5. The van der Waals surface area contributed by atoms with Gasteiger partial charge in [-0.25, -0.2) is 14.8 Å². The molecule has 1 amide bonds. The number of H-pyrrole nitrogens is 1. The third-order valence-corrected chi connectivity index (χ3v) is 7.39. The van der Waals surface area contributed by atoms with Crippen molar-refractivity contribution in [3.8, 4) is 28.3 Å². The summed E-state index contributed by atoms with van der Waals surface area (Å²) in [5, 5.41) is 11.1. The Morgan fingerprint density at radius 1 is 1.03 bits per heavy atom. The third-order valence-electron chi connectivity index (χ3n) is 7.39. The molecule has 0 radical (unpaired) electrons. The Morgan fingerprint density at radius 2 is 1.77 bits per heavy atom. The molecule has 1 saturated carbocycles. The van der Waals surface area contributed by atoms with Crippen molar-refractivity contribution < 1.29 is 9.53 Å². The molecular weight excluding hydrogens is 488 g/mol. The van der Waals surface area contributed by atoms with E-state index in [0.29, 0.717) is 5.82 Å². The van der Waals surface area contributed by atoms with E-state index in [-0.39, 0.29) is 6.09 Å². The molecule has 6 rings (SSSR count). The summed E-state index contributed by atoms with van der Waals surface area (Å²) in [6.45, 7) is 7.75.